The van der Waals surface area contributed by atoms with Gasteiger partial charge < -0.3 is 5.11 Å². The fraction of sp³-hybridized carbons (Fsp3) is 1.00. The van der Waals surface area contributed by atoms with E-state index in [1.54, 1.807) is 0 Å². The topological polar surface area (TPSA) is 23.5 Å². The van der Waals surface area contributed by atoms with Gasteiger partial charge in [0, 0.05) is 5.54 Å². The van der Waals surface area contributed by atoms with Crippen LogP contribution in [0.4, 0.5) is 0 Å². The molecule has 106 valence electrons. The molecule has 1 N–H and O–H groups in total. The third-order valence-corrected chi connectivity index (χ3v) is 5.16. The number of unbranched alkanes of at least 4 members (excludes halogenated alkanes) is 3. The highest BCUT2D eigenvalue weighted by Crippen LogP contribution is 2.41. The lowest BCUT2D eigenvalue weighted by molar-refractivity contribution is -0.0231. The molecule has 0 spiro atoms. The molecule has 2 heteroatoms. The van der Waals surface area contributed by atoms with Crippen LogP contribution in [0.1, 0.15) is 77.6 Å². The van der Waals surface area contributed by atoms with Crippen molar-refractivity contribution in [3.63, 3.8) is 0 Å². The normalized spacial score (nSPS) is 25.7. The van der Waals surface area contributed by atoms with Crippen LogP contribution in [-0.4, -0.2) is 34.7 Å². The Morgan fingerprint density at radius 3 is 2.28 bits per heavy atom. The minimum absolute atomic E-state index is 0.0741. The number of hydrogen-bond donors (Lipinski definition) is 1. The molecule has 1 saturated heterocycles. The molecule has 0 amide bonds. The van der Waals surface area contributed by atoms with E-state index in [-0.39, 0.29) is 11.6 Å². The zero-order chi connectivity index (χ0) is 12.8. The van der Waals surface area contributed by atoms with Gasteiger partial charge in [-0.3, -0.25) is 4.90 Å². The van der Waals surface area contributed by atoms with Gasteiger partial charge in [-0.2, -0.15) is 0 Å². The first-order valence-corrected chi connectivity index (χ1v) is 8.23. The fourth-order valence-electron chi connectivity index (χ4n) is 4.04. The second kappa shape index (κ2) is 6.91. The summed E-state index contributed by atoms with van der Waals surface area (Å²) in [4.78, 5) is 2.63. The summed E-state index contributed by atoms with van der Waals surface area (Å²) < 4.78 is 0. The maximum absolute atomic E-state index is 10.7. The molecule has 0 aromatic carbocycles. The molecule has 2 fully saturated rings. The Balaban J connectivity index is 1.87. The molecule has 2 aliphatic rings. The predicted molar refractivity (Wildman–Crippen MR) is 76.8 cm³/mol. The van der Waals surface area contributed by atoms with Crippen molar-refractivity contribution in [1.29, 1.82) is 0 Å². The number of hydrogen-bond acceptors (Lipinski definition) is 2. The minimum atomic E-state index is -0.0741. The third-order valence-electron chi connectivity index (χ3n) is 5.16. The van der Waals surface area contributed by atoms with E-state index < -0.39 is 0 Å². The van der Waals surface area contributed by atoms with E-state index >= 15 is 0 Å². The maximum atomic E-state index is 10.7. The summed E-state index contributed by atoms with van der Waals surface area (Å²) in [6.07, 6.45) is 13.9. The average molecular weight is 253 g/mol. The Morgan fingerprint density at radius 2 is 1.67 bits per heavy atom. The summed E-state index contributed by atoms with van der Waals surface area (Å²) in [6.45, 7) is 4.71. The molecule has 0 aromatic rings. The van der Waals surface area contributed by atoms with Gasteiger partial charge in [0.05, 0.1) is 6.10 Å². The number of aliphatic hydroxyl groups excluding tert-OH is 1. The van der Waals surface area contributed by atoms with Gasteiger partial charge in [0.15, 0.2) is 0 Å². The van der Waals surface area contributed by atoms with Crippen molar-refractivity contribution in [2.24, 2.45) is 0 Å². The minimum Gasteiger partial charge on any atom is -0.391 e. The van der Waals surface area contributed by atoms with Crippen LogP contribution in [0.5, 0.6) is 0 Å². The second-order valence-electron chi connectivity index (χ2n) is 6.37. The van der Waals surface area contributed by atoms with Crippen LogP contribution in [-0.2, 0) is 0 Å². The van der Waals surface area contributed by atoms with Crippen molar-refractivity contribution >= 4 is 0 Å². The first kappa shape index (κ1) is 14.3. The Labute approximate surface area is 113 Å². The molecule has 1 saturated carbocycles. The molecule has 1 heterocycles. The van der Waals surface area contributed by atoms with Crippen LogP contribution < -0.4 is 0 Å². The van der Waals surface area contributed by atoms with E-state index in [2.05, 4.69) is 11.8 Å². The molecular formula is C16H31NO. The first-order valence-electron chi connectivity index (χ1n) is 8.23. The Hall–Kier alpha value is -0.0800. The highest BCUT2D eigenvalue weighted by molar-refractivity contribution is 5.01. The van der Waals surface area contributed by atoms with Crippen LogP contribution in [0.25, 0.3) is 0 Å². The Kier molecular flexibility index (Phi) is 5.50. The zero-order valence-corrected chi connectivity index (χ0v) is 12.2. The standard InChI is InChI=1S/C16H31NO/c1-2-3-4-5-10-15(18)16(11-6-7-12-16)17-13-8-9-14-17/h15,18H,2-14H2,1H3. The summed E-state index contributed by atoms with van der Waals surface area (Å²) >= 11 is 0. The zero-order valence-electron chi connectivity index (χ0n) is 12.2. The van der Waals surface area contributed by atoms with Crippen LogP contribution >= 0.6 is 0 Å². The van der Waals surface area contributed by atoms with Crippen molar-refractivity contribution < 1.29 is 5.11 Å². The Bertz CT molecular complexity index is 229. The summed E-state index contributed by atoms with van der Waals surface area (Å²) in [5.41, 5.74) is 0.169. The molecule has 1 unspecified atom stereocenters. The van der Waals surface area contributed by atoms with Crippen LogP contribution in [0.3, 0.4) is 0 Å². The van der Waals surface area contributed by atoms with Gasteiger partial charge in [-0.05, 0) is 45.2 Å². The van der Waals surface area contributed by atoms with Gasteiger partial charge >= 0.3 is 0 Å². The van der Waals surface area contributed by atoms with Crippen molar-refractivity contribution in [3.05, 3.63) is 0 Å². The smallest absolute Gasteiger partial charge is 0.0723 e. The largest absolute Gasteiger partial charge is 0.391 e. The number of likely N-dealkylation sites (tertiary alicyclic amines) is 1. The summed E-state index contributed by atoms with van der Waals surface area (Å²) in [7, 11) is 0. The molecule has 2 rings (SSSR count). The Morgan fingerprint density at radius 1 is 1.00 bits per heavy atom. The quantitative estimate of drug-likeness (QED) is 0.699. The van der Waals surface area contributed by atoms with Crippen LogP contribution in [0.2, 0.25) is 0 Å². The van der Waals surface area contributed by atoms with Crippen LogP contribution in [0.15, 0.2) is 0 Å². The molecular weight excluding hydrogens is 222 g/mol. The molecule has 0 radical (unpaired) electrons. The number of rotatable bonds is 7. The van der Waals surface area contributed by atoms with E-state index in [1.807, 2.05) is 0 Å². The van der Waals surface area contributed by atoms with Crippen molar-refractivity contribution in [3.8, 4) is 0 Å². The van der Waals surface area contributed by atoms with Gasteiger partial charge in [0.25, 0.3) is 0 Å². The SMILES string of the molecule is CCCCCCC(O)C1(N2CCCC2)CCCC1. The third kappa shape index (κ3) is 3.08. The highest BCUT2D eigenvalue weighted by atomic mass is 16.3. The van der Waals surface area contributed by atoms with Gasteiger partial charge in [0.2, 0.25) is 0 Å². The van der Waals surface area contributed by atoms with Gasteiger partial charge in [0.1, 0.15) is 0 Å². The lowest BCUT2D eigenvalue weighted by Gasteiger charge is -2.42. The average Bonchev–Trinajstić information content (AvgIpc) is 3.03. The van der Waals surface area contributed by atoms with E-state index in [9.17, 15) is 5.11 Å². The lowest BCUT2D eigenvalue weighted by atomic mass is 9.85. The van der Waals surface area contributed by atoms with Gasteiger partial charge in [-0.1, -0.05) is 45.4 Å². The summed E-state index contributed by atoms with van der Waals surface area (Å²) in [5, 5.41) is 10.7. The van der Waals surface area contributed by atoms with Gasteiger partial charge in [-0.25, -0.2) is 0 Å². The lowest BCUT2D eigenvalue weighted by Crippen LogP contribution is -2.53. The van der Waals surface area contributed by atoms with E-state index in [1.165, 1.54) is 77.3 Å². The molecule has 1 aliphatic carbocycles. The maximum Gasteiger partial charge on any atom is 0.0723 e. The van der Waals surface area contributed by atoms with Crippen molar-refractivity contribution in [1.82, 2.24) is 4.90 Å². The number of nitrogens with zero attached hydrogens (tertiary/aromatic N) is 1. The molecule has 0 bridgehead atoms. The van der Waals surface area contributed by atoms with E-state index in [0.29, 0.717) is 0 Å². The summed E-state index contributed by atoms with van der Waals surface area (Å²) in [6, 6.07) is 0. The van der Waals surface area contributed by atoms with Crippen LogP contribution in [0, 0.1) is 0 Å². The fourth-order valence-corrected chi connectivity index (χ4v) is 4.04. The first-order chi connectivity index (χ1) is 8.79. The molecule has 1 aliphatic heterocycles. The monoisotopic (exact) mass is 253 g/mol. The van der Waals surface area contributed by atoms with E-state index in [0.717, 1.165) is 6.42 Å². The molecule has 1 atom stereocenters. The van der Waals surface area contributed by atoms with Crippen molar-refractivity contribution in [2.45, 2.75) is 89.2 Å². The molecule has 2 nitrogen and oxygen atoms in total. The second-order valence-corrected chi connectivity index (χ2v) is 6.37. The predicted octanol–water partition coefficient (Wildman–Crippen LogP) is 3.73. The molecule has 18 heavy (non-hydrogen) atoms. The van der Waals surface area contributed by atoms with Crippen molar-refractivity contribution in [2.75, 3.05) is 13.1 Å². The number of aliphatic hydroxyl groups is 1. The van der Waals surface area contributed by atoms with Gasteiger partial charge in [-0.15, -0.1) is 0 Å². The van der Waals surface area contributed by atoms with E-state index in [4.69, 9.17) is 0 Å². The summed E-state index contributed by atoms with van der Waals surface area (Å²) in [5.74, 6) is 0. The molecule has 0 aromatic heterocycles. The highest BCUT2D eigenvalue weighted by Gasteiger charge is 2.45.